The first-order valence-electron chi connectivity index (χ1n) is 7.77. The summed E-state index contributed by atoms with van der Waals surface area (Å²) in [5, 5.41) is 7.85. The van der Waals surface area contributed by atoms with Crippen molar-refractivity contribution in [3.05, 3.63) is 22.5 Å². The molecular formula is C16H24ClN3O2. The summed E-state index contributed by atoms with van der Waals surface area (Å²) in [5.74, 6) is 0.325. The summed E-state index contributed by atoms with van der Waals surface area (Å²) in [6.45, 7) is 8.23. The molecule has 0 saturated carbocycles. The molecule has 0 bridgehead atoms. The van der Waals surface area contributed by atoms with Crippen molar-refractivity contribution >= 4 is 23.6 Å². The predicted octanol–water partition coefficient (Wildman–Crippen LogP) is 2.81. The third-order valence-electron chi connectivity index (χ3n) is 3.58. The zero-order valence-corrected chi connectivity index (χ0v) is 14.2. The molecule has 0 aliphatic carbocycles. The van der Waals surface area contributed by atoms with Gasteiger partial charge in [-0.25, -0.2) is 0 Å². The minimum atomic E-state index is -0.137. The lowest BCUT2D eigenvalue weighted by atomic mass is 10.2. The lowest BCUT2D eigenvalue weighted by molar-refractivity contribution is -0.116. The summed E-state index contributed by atoms with van der Waals surface area (Å²) in [6.07, 6.45) is 5.46. The highest BCUT2D eigenvalue weighted by atomic mass is 35.5. The Hall–Kier alpha value is -1.33. The average Bonchev–Trinajstić information content (AvgIpc) is 3.04. The second-order valence-electron chi connectivity index (χ2n) is 6.08. The van der Waals surface area contributed by atoms with Crippen LogP contribution >= 0.6 is 11.6 Å². The van der Waals surface area contributed by atoms with Gasteiger partial charge in [0, 0.05) is 31.3 Å². The lowest BCUT2D eigenvalue weighted by Gasteiger charge is -2.08. The van der Waals surface area contributed by atoms with Gasteiger partial charge in [0.25, 0.3) is 0 Å². The van der Waals surface area contributed by atoms with Crippen LogP contribution in [0.3, 0.4) is 0 Å². The van der Waals surface area contributed by atoms with Gasteiger partial charge in [0.2, 0.25) is 5.91 Å². The highest BCUT2D eigenvalue weighted by Gasteiger charge is 2.16. The summed E-state index contributed by atoms with van der Waals surface area (Å²) in [5.41, 5.74) is 1.63. The largest absolute Gasteiger partial charge is 0.376 e. The molecular weight excluding hydrogens is 302 g/mol. The molecule has 1 N–H and O–H groups in total. The van der Waals surface area contributed by atoms with E-state index in [1.54, 1.807) is 10.8 Å². The molecule has 1 aliphatic rings. The highest BCUT2D eigenvalue weighted by molar-refractivity contribution is 6.31. The van der Waals surface area contributed by atoms with E-state index in [9.17, 15) is 4.79 Å². The Labute approximate surface area is 136 Å². The fourth-order valence-corrected chi connectivity index (χ4v) is 2.77. The molecule has 1 amide bonds. The van der Waals surface area contributed by atoms with Gasteiger partial charge in [-0.15, -0.1) is 0 Å². The molecule has 2 rings (SSSR count). The average molecular weight is 326 g/mol. The summed E-state index contributed by atoms with van der Waals surface area (Å²) in [4.78, 5) is 11.9. The number of ether oxygens (including phenoxy) is 1. The van der Waals surface area contributed by atoms with E-state index in [-0.39, 0.29) is 12.0 Å². The van der Waals surface area contributed by atoms with Gasteiger partial charge in [0.15, 0.2) is 0 Å². The standard InChI is InChI=1S/C16H24ClN3O2/c1-11(2)10-20-16(17)14(12(3)19-20)6-7-15(21)18-9-13-5-4-8-22-13/h6-7,11,13H,4-5,8-10H2,1-3H3,(H,18,21)/b7-6+. The molecule has 6 heteroatoms. The molecule has 1 atom stereocenters. The van der Waals surface area contributed by atoms with Gasteiger partial charge in [-0.1, -0.05) is 25.4 Å². The van der Waals surface area contributed by atoms with E-state index in [1.807, 2.05) is 6.92 Å². The molecule has 5 nitrogen and oxygen atoms in total. The van der Waals surface area contributed by atoms with E-state index in [4.69, 9.17) is 16.3 Å². The van der Waals surface area contributed by atoms with Gasteiger partial charge < -0.3 is 10.1 Å². The van der Waals surface area contributed by atoms with Crippen LogP contribution in [0, 0.1) is 12.8 Å². The number of nitrogens with zero attached hydrogens (tertiary/aromatic N) is 2. The quantitative estimate of drug-likeness (QED) is 0.818. The second-order valence-corrected chi connectivity index (χ2v) is 6.44. The Morgan fingerprint density at radius 1 is 1.59 bits per heavy atom. The van der Waals surface area contributed by atoms with Crippen LogP contribution in [-0.4, -0.2) is 34.9 Å². The van der Waals surface area contributed by atoms with Gasteiger partial charge in [-0.05, 0) is 31.8 Å². The van der Waals surface area contributed by atoms with E-state index < -0.39 is 0 Å². The minimum Gasteiger partial charge on any atom is -0.376 e. The van der Waals surface area contributed by atoms with Gasteiger partial charge in [0.05, 0.1) is 11.8 Å². The van der Waals surface area contributed by atoms with E-state index in [2.05, 4.69) is 24.3 Å². The van der Waals surface area contributed by atoms with Gasteiger partial charge in [-0.3, -0.25) is 9.48 Å². The molecule has 1 saturated heterocycles. The van der Waals surface area contributed by atoms with E-state index in [0.717, 1.165) is 37.3 Å². The first kappa shape index (κ1) is 17.0. The molecule has 1 unspecified atom stereocenters. The van der Waals surface area contributed by atoms with Crippen molar-refractivity contribution < 1.29 is 9.53 Å². The van der Waals surface area contributed by atoms with Crippen LogP contribution in [-0.2, 0) is 16.1 Å². The zero-order chi connectivity index (χ0) is 16.1. The van der Waals surface area contributed by atoms with Gasteiger partial charge >= 0.3 is 0 Å². The van der Waals surface area contributed by atoms with Crippen molar-refractivity contribution in [2.45, 2.75) is 46.3 Å². The van der Waals surface area contributed by atoms with Crippen molar-refractivity contribution in [1.82, 2.24) is 15.1 Å². The number of halogens is 1. The van der Waals surface area contributed by atoms with Crippen molar-refractivity contribution in [3.8, 4) is 0 Å². The molecule has 1 aliphatic heterocycles. The lowest BCUT2D eigenvalue weighted by Crippen LogP contribution is -2.30. The Kier molecular flexibility index (Phi) is 6.03. The minimum absolute atomic E-state index is 0.137. The summed E-state index contributed by atoms with van der Waals surface area (Å²) in [7, 11) is 0. The number of aryl methyl sites for hydroxylation is 1. The first-order valence-corrected chi connectivity index (χ1v) is 8.15. The Balaban J connectivity index is 1.93. The fraction of sp³-hybridized carbons (Fsp3) is 0.625. The van der Waals surface area contributed by atoms with Crippen molar-refractivity contribution in [2.75, 3.05) is 13.2 Å². The summed E-state index contributed by atoms with van der Waals surface area (Å²) < 4.78 is 7.25. The van der Waals surface area contributed by atoms with Crippen LogP contribution < -0.4 is 5.32 Å². The van der Waals surface area contributed by atoms with Crippen LogP contribution in [0.4, 0.5) is 0 Å². The van der Waals surface area contributed by atoms with Gasteiger partial charge in [-0.2, -0.15) is 5.10 Å². The normalized spacial score (nSPS) is 18.5. The molecule has 122 valence electrons. The molecule has 0 radical (unpaired) electrons. The number of aromatic nitrogens is 2. The summed E-state index contributed by atoms with van der Waals surface area (Å²) >= 11 is 6.34. The van der Waals surface area contributed by atoms with Crippen LogP contribution in [0.25, 0.3) is 6.08 Å². The molecule has 1 fully saturated rings. The van der Waals surface area contributed by atoms with Crippen LogP contribution in [0.2, 0.25) is 5.15 Å². The zero-order valence-electron chi connectivity index (χ0n) is 13.4. The maximum Gasteiger partial charge on any atom is 0.244 e. The number of nitrogens with one attached hydrogen (secondary N) is 1. The van der Waals surface area contributed by atoms with Crippen LogP contribution in [0.15, 0.2) is 6.08 Å². The molecule has 1 aromatic heterocycles. The maximum atomic E-state index is 11.9. The number of carbonyl (C=O) groups excluding carboxylic acids is 1. The third-order valence-corrected chi connectivity index (χ3v) is 3.98. The number of amides is 1. The molecule has 0 aromatic carbocycles. The topological polar surface area (TPSA) is 56.2 Å². The second kappa shape index (κ2) is 7.79. The van der Waals surface area contributed by atoms with Crippen molar-refractivity contribution in [3.63, 3.8) is 0 Å². The molecule has 1 aromatic rings. The van der Waals surface area contributed by atoms with Crippen molar-refractivity contribution in [2.24, 2.45) is 5.92 Å². The number of carbonyl (C=O) groups is 1. The predicted molar refractivity (Wildman–Crippen MR) is 87.8 cm³/mol. The Morgan fingerprint density at radius 2 is 2.36 bits per heavy atom. The SMILES string of the molecule is Cc1nn(CC(C)C)c(Cl)c1/C=C/C(=O)NCC1CCCO1. The fourth-order valence-electron chi connectivity index (χ4n) is 2.46. The smallest absolute Gasteiger partial charge is 0.244 e. The number of rotatable bonds is 6. The molecule has 2 heterocycles. The monoisotopic (exact) mass is 325 g/mol. The highest BCUT2D eigenvalue weighted by Crippen LogP contribution is 2.22. The van der Waals surface area contributed by atoms with Gasteiger partial charge in [0.1, 0.15) is 5.15 Å². The van der Waals surface area contributed by atoms with Crippen molar-refractivity contribution in [1.29, 1.82) is 0 Å². The van der Waals surface area contributed by atoms with Crippen LogP contribution in [0.1, 0.15) is 37.9 Å². The number of hydrogen-bond donors (Lipinski definition) is 1. The van der Waals surface area contributed by atoms with E-state index in [1.165, 1.54) is 6.08 Å². The Morgan fingerprint density at radius 3 is 3.00 bits per heavy atom. The third kappa shape index (κ3) is 4.58. The van der Waals surface area contributed by atoms with E-state index in [0.29, 0.717) is 17.6 Å². The summed E-state index contributed by atoms with van der Waals surface area (Å²) in [6, 6.07) is 0. The number of hydrogen-bond acceptors (Lipinski definition) is 3. The van der Waals surface area contributed by atoms with E-state index >= 15 is 0 Å². The van der Waals surface area contributed by atoms with Crippen LogP contribution in [0.5, 0.6) is 0 Å². The Bertz CT molecular complexity index is 546. The molecule has 0 spiro atoms. The maximum absolute atomic E-state index is 11.9. The first-order chi connectivity index (χ1) is 10.5. The molecule has 22 heavy (non-hydrogen) atoms.